The number of carbonyl (C=O) groups excluding carboxylic acids is 3. The van der Waals surface area contributed by atoms with Crippen molar-refractivity contribution in [2.45, 2.75) is 44.2 Å². The van der Waals surface area contributed by atoms with Crippen molar-refractivity contribution in [3.63, 3.8) is 0 Å². The second-order valence-electron chi connectivity index (χ2n) is 7.90. The number of nitrogens with two attached hydrogens (primary N) is 1. The third-order valence-corrected chi connectivity index (χ3v) is 5.86. The van der Waals surface area contributed by atoms with Gasteiger partial charge in [-0.3, -0.25) is 24.6 Å². The number of rotatable bonds is 3. The van der Waals surface area contributed by atoms with Crippen LogP contribution in [-0.2, 0) is 22.7 Å². The van der Waals surface area contributed by atoms with Crippen LogP contribution in [0.1, 0.15) is 34.3 Å². The molecule has 7 nitrogen and oxygen atoms in total. The molecule has 0 spiro atoms. The number of nitrogens with zero attached hydrogens (tertiary/aromatic N) is 2. The number of piperidine rings is 1. The Morgan fingerprint density at radius 2 is 1.93 bits per heavy atom. The van der Waals surface area contributed by atoms with Crippen LogP contribution in [0.2, 0.25) is 0 Å². The molecule has 0 aromatic heterocycles. The first-order valence-electron chi connectivity index (χ1n) is 9.44. The van der Waals surface area contributed by atoms with Crippen molar-refractivity contribution in [2.24, 2.45) is 11.7 Å². The highest BCUT2D eigenvalue weighted by Gasteiger charge is 2.48. The normalized spacial score (nSPS) is 28.1. The van der Waals surface area contributed by atoms with Gasteiger partial charge in [0.1, 0.15) is 6.04 Å². The molecule has 29 heavy (non-hydrogen) atoms. The van der Waals surface area contributed by atoms with Crippen LogP contribution >= 0.6 is 0 Å². The van der Waals surface area contributed by atoms with E-state index >= 15 is 0 Å². The van der Waals surface area contributed by atoms with E-state index in [1.54, 1.807) is 23.1 Å². The van der Waals surface area contributed by atoms with Crippen LogP contribution in [0.15, 0.2) is 18.2 Å². The number of amides is 3. The Bertz CT molecular complexity index is 873. The number of hydrogen-bond acceptors (Lipinski definition) is 5. The molecule has 3 unspecified atom stereocenters. The Kier molecular flexibility index (Phi) is 4.86. The molecule has 4 rings (SSSR count). The van der Waals surface area contributed by atoms with Gasteiger partial charge in [0.25, 0.3) is 5.91 Å². The molecule has 2 fully saturated rings. The Morgan fingerprint density at radius 3 is 2.59 bits per heavy atom. The summed E-state index contributed by atoms with van der Waals surface area (Å²) in [5, 5.41) is 2.25. The number of carbonyl (C=O) groups is 3. The maximum Gasteiger partial charge on any atom is 0.394 e. The fourth-order valence-electron chi connectivity index (χ4n) is 4.37. The number of likely N-dealkylation sites (tertiary alicyclic amines) is 1. The molecule has 0 bridgehead atoms. The van der Waals surface area contributed by atoms with Gasteiger partial charge in [0.05, 0.1) is 5.92 Å². The zero-order valence-electron chi connectivity index (χ0n) is 15.5. The first-order valence-corrected chi connectivity index (χ1v) is 9.44. The summed E-state index contributed by atoms with van der Waals surface area (Å²) in [7, 11) is 0. The highest BCUT2D eigenvalue weighted by molar-refractivity contribution is 6.05. The predicted octanol–water partition coefficient (Wildman–Crippen LogP) is 0.769. The van der Waals surface area contributed by atoms with Crippen molar-refractivity contribution < 1.29 is 27.6 Å². The van der Waals surface area contributed by atoms with E-state index in [1.807, 2.05) is 0 Å². The van der Waals surface area contributed by atoms with Crippen LogP contribution in [0.5, 0.6) is 0 Å². The van der Waals surface area contributed by atoms with Crippen LogP contribution in [0.3, 0.4) is 0 Å². The molecule has 1 aromatic carbocycles. The van der Waals surface area contributed by atoms with Crippen molar-refractivity contribution in [1.29, 1.82) is 0 Å². The van der Waals surface area contributed by atoms with E-state index in [4.69, 9.17) is 5.73 Å². The highest BCUT2D eigenvalue weighted by Crippen LogP contribution is 2.34. The predicted molar refractivity (Wildman–Crippen MR) is 95.3 cm³/mol. The van der Waals surface area contributed by atoms with Gasteiger partial charge in [-0.1, -0.05) is 12.1 Å². The van der Waals surface area contributed by atoms with Gasteiger partial charge >= 0.3 is 6.18 Å². The zero-order valence-corrected chi connectivity index (χ0v) is 15.5. The lowest BCUT2D eigenvalue weighted by Gasteiger charge is -2.29. The lowest BCUT2D eigenvalue weighted by atomic mass is 10.0. The number of nitrogens with one attached hydrogen (secondary N) is 1. The quantitative estimate of drug-likeness (QED) is 0.718. The summed E-state index contributed by atoms with van der Waals surface area (Å²) >= 11 is 0. The van der Waals surface area contributed by atoms with Crippen molar-refractivity contribution in [3.05, 3.63) is 34.9 Å². The summed E-state index contributed by atoms with van der Waals surface area (Å²) < 4.78 is 39.1. The Labute approximate surface area is 165 Å². The molecular weight excluding hydrogens is 389 g/mol. The average molecular weight is 410 g/mol. The first kappa shape index (κ1) is 19.8. The topological polar surface area (TPSA) is 95.7 Å². The minimum absolute atomic E-state index is 0.150. The summed E-state index contributed by atoms with van der Waals surface area (Å²) in [4.78, 5) is 39.2. The van der Waals surface area contributed by atoms with Crippen molar-refractivity contribution in [2.75, 3.05) is 13.1 Å². The van der Waals surface area contributed by atoms with Crippen molar-refractivity contribution >= 4 is 17.7 Å². The largest absolute Gasteiger partial charge is 0.394 e. The fourth-order valence-corrected chi connectivity index (χ4v) is 4.37. The second kappa shape index (κ2) is 7.10. The molecule has 3 amide bonds. The van der Waals surface area contributed by atoms with Crippen molar-refractivity contribution in [1.82, 2.24) is 15.1 Å². The average Bonchev–Trinajstić information content (AvgIpc) is 3.15. The summed E-state index contributed by atoms with van der Waals surface area (Å²) in [6, 6.07) is 3.52. The van der Waals surface area contributed by atoms with Gasteiger partial charge in [0, 0.05) is 44.2 Å². The molecule has 1 aromatic rings. The van der Waals surface area contributed by atoms with Crippen LogP contribution in [0.25, 0.3) is 0 Å². The molecule has 0 aliphatic carbocycles. The Hall–Kier alpha value is -2.46. The maximum absolute atomic E-state index is 13.0. The Balaban J connectivity index is 1.46. The van der Waals surface area contributed by atoms with Gasteiger partial charge in [-0.05, 0) is 23.6 Å². The van der Waals surface area contributed by atoms with E-state index < -0.39 is 30.1 Å². The third-order valence-electron chi connectivity index (χ3n) is 5.86. The van der Waals surface area contributed by atoms with Gasteiger partial charge in [0.15, 0.2) is 0 Å². The SMILES string of the molecule is NC1CN(Cc2ccc3c(c2)CN(C2CCC(=O)NC2=O)C3=O)CC1C(F)(F)F. The van der Waals surface area contributed by atoms with Crippen LogP contribution in [0, 0.1) is 5.92 Å². The van der Waals surface area contributed by atoms with Crippen molar-refractivity contribution in [3.8, 4) is 0 Å². The smallest absolute Gasteiger partial charge is 0.326 e. The van der Waals surface area contributed by atoms with Gasteiger partial charge in [-0.25, -0.2) is 0 Å². The van der Waals surface area contributed by atoms with E-state index in [0.717, 1.165) is 11.1 Å². The minimum atomic E-state index is -4.32. The molecule has 3 atom stereocenters. The van der Waals surface area contributed by atoms with E-state index in [2.05, 4.69) is 5.32 Å². The third kappa shape index (κ3) is 3.74. The molecule has 0 radical (unpaired) electrons. The molecule has 3 aliphatic rings. The fraction of sp³-hybridized carbons (Fsp3) is 0.526. The van der Waals surface area contributed by atoms with E-state index in [-0.39, 0.29) is 44.3 Å². The van der Waals surface area contributed by atoms with E-state index in [1.165, 1.54) is 4.90 Å². The molecule has 3 N–H and O–H groups in total. The van der Waals surface area contributed by atoms with Gasteiger partial charge in [-0.2, -0.15) is 13.2 Å². The zero-order chi connectivity index (χ0) is 20.9. The summed E-state index contributed by atoms with van der Waals surface area (Å²) in [5.41, 5.74) is 7.66. The van der Waals surface area contributed by atoms with Crippen LogP contribution < -0.4 is 11.1 Å². The highest BCUT2D eigenvalue weighted by atomic mass is 19.4. The van der Waals surface area contributed by atoms with Gasteiger partial charge in [-0.15, -0.1) is 0 Å². The number of benzene rings is 1. The van der Waals surface area contributed by atoms with Gasteiger partial charge in [0.2, 0.25) is 11.8 Å². The number of hydrogen-bond donors (Lipinski definition) is 2. The van der Waals surface area contributed by atoms with E-state index in [0.29, 0.717) is 12.1 Å². The van der Waals surface area contributed by atoms with E-state index in [9.17, 15) is 27.6 Å². The molecule has 3 heterocycles. The van der Waals surface area contributed by atoms with Crippen LogP contribution in [0.4, 0.5) is 13.2 Å². The molecule has 10 heteroatoms. The molecule has 3 aliphatic heterocycles. The summed E-state index contributed by atoms with van der Waals surface area (Å²) in [6.45, 7) is 0.546. The summed E-state index contributed by atoms with van der Waals surface area (Å²) in [5.74, 6) is -2.64. The first-order chi connectivity index (χ1) is 13.6. The van der Waals surface area contributed by atoms with Crippen LogP contribution in [-0.4, -0.2) is 58.9 Å². The number of imide groups is 1. The number of fused-ring (bicyclic) bond motifs is 1. The molecule has 0 saturated carbocycles. The monoisotopic (exact) mass is 410 g/mol. The van der Waals surface area contributed by atoms with Gasteiger partial charge < -0.3 is 10.6 Å². The molecule has 156 valence electrons. The standard InChI is InChI=1S/C19H21F3N4O3/c20-19(21,22)13-8-25(9-14(13)23)6-10-1-2-12-11(5-10)7-26(18(12)29)15-3-4-16(27)24-17(15)28/h1-2,5,13-15H,3-4,6-9,23H2,(H,24,27,28). The number of alkyl halides is 3. The second-order valence-corrected chi connectivity index (χ2v) is 7.90. The lowest BCUT2D eigenvalue weighted by Crippen LogP contribution is -2.52. The Morgan fingerprint density at radius 1 is 1.17 bits per heavy atom. The lowest BCUT2D eigenvalue weighted by molar-refractivity contribution is -0.173. The molecule has 2 saturated heterocycles. The maximum atomic E-state index is 13.0. The minimum Gasteiger partial charge on any atom is -0.326 e. The number of halogens is 3. The summed E-state index contributed by atoms with van der Waals surface area (Å²) in [6.07, 6.45) is -3.86. The molecular formula is C19H21F3N4O3.